The number of carbonyl (C=O) groups is 5. The third-order valence-electron chi connectivity index (χ3n) is 12.5. The van der Waals surface area contributed by atoms with Crippen molar-refractivity contribution in [3.05, 3.63) is 105 Å². The molecule has 3 aromatic rings. The number of amides is 5. The highest BCUT2D eigenvalue weighted by molar-refractivity contribution is 7.92. The van der Waals surface area contributed by atoms with Crippen LogP contribution >= 0.6 is 23.2 Å². The lowest BCUT2D eigenvalue weighted by atomic mass is 9.66. The number of nitrogens with zero attached hydrogens (tertiary/aromatic N) is 2. The van der Waals surface area contributed by atoms with Crippen molar-refractivity contribution in [2.24, 2.45) is 11.3 Å². The smallest absolute Gasteiger partial charge is 0.255 e. The quantitative estimate of drug-likeness (QED) is 0.111. The maximum Gasteiger partial charge on any atom is 0.255 e. The van der Waals surface area contributed by atoms with Gasteiger partial charge in [0.1, 0.15) is 6.04 Å². The average Bonchev–Trinajstić information content (AvgIpc) is 3.52. The molecule has 2 fully saturated rings. The first-order valence-electron chi connectivity index (χ1n) is 21.0. The van der Waals surface area contributed by atoms with E-state index in [-0.39, 0.29) is 54.1 Å². The van der Waals surface area contributed by atoms with Gasteiger partial charge in [0.25, 0.3) is 5.91 Å². The Morgan fingerprint density at radius 3 is 2.30 bits per heavy atom. The Labute approximate surface area is 363 Å². The van der Waals surface area contributed by atoms with Crippen LogP contribution in [-0.4, -0.2) is 77.4 Å². The van der Waals surface area contributed by atoms with Crippen molar-refractivity contribution in [3.8, 4) is 0 Å². The molecule has 6 rings (SSSR count). The zero-order valence-electron chi connectivity index (χ0n) is 35.0. The lowest BCUT2D eigenvalue weighted by Gasteiger charge is -2.53. The molecule has 0 aromatic heterocycles. The van der Waals surface area contributed by atoms with Gasteiger partial charge in [0.2, 0.25) is 23.6 Å². The van der Waals surface area contributed by atoms with Gasteiger partial charge in [-0.1, -0.05) is 86.8 Å². The third kappa shape index (κ3) is 9.92. The Morgan fingerprint density at radius 2 is 1.63 bits per heavy atom. The van der Waals surface area contributed by atoms with Crippen molar-refractivity contribution in [2.75, 3.05) is 12.3 Å². The summed E-state index contributed by atoms with van der Waals surface area (Å²) in [5.41, 5.74) is 3.08. The topological polar surface area (TPSA) is 150 Å². The molecule has 5 atom stereocenters. The van der Waals surface area contributed by atoms with Gasteiger partial charge < -0.3 is 15.1 Å². The molecule has 0 radical (unpaired) electrons. The molecule has 3 aromatic carbocycles. The number of nitrogens with one attached hydrogen (secondary N) is 2. The summed E-state index contributed by atoms with van der Waals surface area (Å²) in [6.07, 6.45) is 3.80. The molecule has 0 aliphatic carbocycles. The lowest BCUT2D eigenvalue weighted by molar-refractivity contribution is -0.158. The second kappa shape index (κ2) is 18.8. The second-order valence-corrected chi connectivity index (χ2v) is 21.0. The molecule has 0 bridgehead atoms. The van der Waals surface area contributed by atoms with E-state index >= 15 is 4.79 Å². The van der Waals surface area contributed by atoms with E-state index in [2.05, 4.69) is 10.6 Å². The number of likely N-dealkylation sites (tertiary alicyclic amines) is 1. The van der Waals surface area contributed by atoms with E-state index in [0.29, 0.717) is 48.0 Å². The number of imide groups is 1. The van der Waals surface area contributed by atoms with Gasteiger partial charge in [-0.2, -0.15) is 0 Å². The number of unbranched alkanes of at least 4 members (excludes halogenated alkanes) is 2. The molecular formula is C46H56Cl2N4O7S. The highest BCUT2D eigenvalue weighted by atomic mass is 35.5. The van der Waals surface area contributed by atoms with E-state index in [4.69, 9.17) is 23.2 Å². The van der Waals surface area contributed by atoms with Crippen LogP contribution in [0, 0.1) is 11.3 Å². The molecule has 3 aliphatic heterocycles. The number of halogens is 2. The second-order valence-electron chi connectivity index (χ2n) is 17.5. The number of sulfone groups is 1. The van der Waals surface area contributed by atoms with Crippen LogP contribution in [-0.2, 0) is 42.0 Å². The van der Waals surface area contributed by atoms with Crippen molar-refractivity contribution in [1.82, 2.24) is 20.4 Å². The summed E-state index contributed by atoms with van der Waals surface area (Å²) in [5.74, 6) is -2.25. The van der Waals surface area contributed by atoms with Gasteiger partial charge in [-0.15, -0.1) is 0 Å². The minimum absolute atomic E-state index is 0.0810. The number of hydrogen-bond acceptors (Lipinski definition) is 7. The van der Waals surface area contributed by atoms with Crippen LogP contribution < -0.4 is 10.6 Å². The zero-order chi connectivity index (χ0) is 43.5. The van der Waals surface area contributed by atoms with Gasteiger partial charge >= 0.3 is 0 Å². The fourth-order valence-electron chi connectivity index (χ4n) is 9.08. The monoisotopic (exact) mass is 878 g/mol. The molecule has 14 heteroatoms. The summed E-state index contributed by atoms with van der Waals surface area (Å²) in [6.45, 7) is 9.72. The normalized spacial score (nSPS) is 22.6. The first-order valence-corrected chi connectivity index (χ1v) is 23.4. The summed E-state index contributed by atoms with van der Waals surface area (Å²) in [5, 5.41) is 5.83. The number of carbonyl (C=O) groups excluding carboxylic acids is 5. The van der Waals surface area contributed by atoms with Crippen LogP contribution in [0.3, 0.4) is 0 Å². The van der Waals surface area contributed by atoms with Crippen molar-refractivity contribution in [1.29, 1.82) is 0 Å². The molecule has 3 aliphatic rings. The van der Waals surface area contributed by atoms with E-state index in [1.54, 1.807) is 47.9 Å². The Balaban J connectivity index is 1.15. The summed E-state index contributed by atoms with van der Waals surface area (Å²) in [4.78, 5) is 69.7. The number of fused-ring (bicyclic) bond motifs is 1. The van der Waals surface area contributed by atoms with Crippen molar-refractivity contribution >= 4 is 62.6 Å². The third-order valence-corrected chi connectivity index (χ3v) is 15.2. The molecule has 0 saturated carbocycles. The minimum Gasteiger partial charge on any atom is -0.356 e. The Kier molecular flexibility index (Phi) is 14.2. The molecule has 2 saturated heterocycles. The van der Waals surface area contributed by atoms with Gasteiger partial charge in [0.05, 0.1) is 22.5 Å². The van der Waals surface area contributed by atoms with Gasteiger partial charge in [-0.05, 0) is 104 Å². The number of aryl methyl sites for hydroxylation is 1. The first-order chi connectivity index (χ1) is 28.4. The highest BCUT2D eigenvalue weighted by Gasteiger charge is 2.53. The fourth-order valence-corrected chi connectivity index (χ4v) is 10.8. The minimum atomic E-state index is -3.59. The van der Waals surface area contributed by atoms with Crippen LogP contribution in [0.15, 0.2) is 66.7 Å². The maximum absolute atomic E-state index is 15.1. The summed E-state index contributed by atoms with van der Waals surface area (Å²) in [7, 11) is -3.59. The zero-order valence-corrected chi connectivity index (χ0v) is 37.3. The SMILES string of the molecule is CC(C)[C@@H](CS(=O)(=O)C(C)C)N1C(=O)[C@@](C)(CC(=O)NCCCCCc2cccc3c2CN(C2CCC(=O)NC2=O)C3=O)C[C@H](c2cccc(Cl)c2)[C@H]1c1ccc(Cl)cc1. The molecule has 5 amide bonds. The average molecular weight is 880 g/mol. The summed E-state index contributed by atoms with van der Waals surface area (Å²) >= 11 is 12.9. The van der Waals surface area contributed by atoms with Crippen LogP contribution in [0.5, 0.6) is 0 Å². The molecule has 3 heterocycles. The first kappa shape index (κ1) is 45.3. The van der Waals surface area contributed by atoms with E-state index in [1.807, 2.05) is 63.2 Å². The van der Waals surface area contributed by atoms with Crippen LogP contribution in [0.1, 0.15) is 124 Å². The molecular weight excluding hydrogens is 823 g/mol. The molecule has 0 spiro atoms. The number of piperidine rings is 2. The van der Waals surface area contributed by atoms with E-state index in [1.165, 1.54) is 0 Å². The van der Waals surface area contributed by atoms with Crippen LogP contribution in [0.25, 0.3) is 0 Å². The molecule has 60 heavy (non-hydrogen) atoms. The lowest BCUT2D eigenvalue weighted by Crippen LogP contribution is -2.59. The van der Waals surface area contributed by atoms with E-state index < -0.39 is 44.5 Å². The highest BCUT2D eigenvalue weighted by Crippen LogP contribution is 2.52. The molecule has 11 nitrogen and oxygen atoms in total. The fraction of sp³-hybridized carbons (Fsp3) is 0.500. The van der Waals surface area contributed by atoms with Crippen LogP contribution in [0.4, 0.5) is 0 Å². The predicted molar refractivity (Wildman–Crippen MR) is 233 cm³/mol. The Hall–Kier alpha value is -4.26. The molecule has 2 N–H and O–H groups in total. The molecule has 322 valence electrons. The van der Waals surface area contributed by atoms with Crippen molar-refractivity contribution in [3.63, 3.8) is 0 Å². The number of hydrogen-bond donors (Lipinski definition) is 2. The summed E-state index contributed by atoms with van der Waals surface area (Å²) in [6, 6.07) is 18.6. The standard InChI is InChI=1S/C46H56Cl2N4O7S/c1-28(2)39(27-60(58,59)29(3)4)52-42(31-16-18-33(47)19-17-31)36(32-13-9-14-34(48)23-32)24-46(5,45(52)57)25-41(54)49-22-8-6-7-11-30-12-10-15-35-37(30)26-51(44(35)56)38-20-21-40(53)50-43(38)55/h9-10,12-19,23,28-29,36,38-39,42H,6-8,11,20-22,24-27H2,1-5H3,(H,49,54)(H,50,53,55)/t36-,38?,39-,42-,46-/m1/s1. The van der Waals surface area contributed by atoms with Gasteiger partial charge in [0, 0.05) is 53.5 Å². The predicted octanol–water partition coefficient (Wildman–Crippen LogP) is 7.59. The van der Waals surface area contributed by atoms with Gasteiger partial charge in [-0.25, -0.2) is 8.42 Å². The Bertz CT molecular complexity index is 2230. The van der Waals surface area contributed by atoms with Crippen LogP contribution in [0.2, 0.25) is 10.0 Å². The van der Waals surface area contributed by atoms with Gasteiger partial charge in [0.15, 0.2) is 9.84 Å². The van der Waals surface area contributed by atoms with E-state index in [9.17, 15) is 27.6 Å². The van der Waals surface area contributed by atoms with Crippen molar-refractivity contribution < 1.29 is 32.4 Å². The van der Waals surface area contributed by atoms with E-state index in [0.717, 1.165) is 41.5 Å². The van der Waals surface area contributed by atoms with Crippen molar-refractivity contribution in [2.45, 2.75) is 122 Å². The van der Waals surface area contributed by atoms with Gasteiger partial charge in [-0.3, -0.25) is 29.3 Å². The maximum atomic E-state index is 15.1. The summed E-state index contributed by atoms with van der Waals surface area (Å²) < 4.78 is 27.1. The number of rotatable bonds is 16. The number of benzene rings is 3. The Morgan fingerprint density at radius 1 is 0.917 bits per heavy atom. The largest absolute Gasteiger partial charge is 0.356 e. The molecule has 1 unspecified atom stereocenters.